The Balaban J connectivity index is 1.90. The van der Waals surface area contributed by atoms with E-state index in [1.165, 1.54) is 0 Å². The van der Waals surface area contributed by atoms with Gasteiger partial charge in [-0.05, 0) is 59.1 Å². The maximum Gasteiger partial charge on any atom is 0.291 e. The summed E-state index contributed by atoms with van der Waals surface area (Å²) in [6.45, 7) is 8.49. The number of rotatable bonds is 3. The Labute approximate surface area is 154 Å². The maximum absolute atomic E-state index is 12.8. The maximum atomic E-state index is 12.8. The lowest BCUT2D eigenvalue weighted by atomic mass is 10.1. The second kappa shape index (κ2) is 6.94. The van der Waals surface area contributed by atoms with Crippen LogP contribution in [0.5, 0.6) is 0 Å². The quantitative estimate of drug-likeness (QED) is 0.888. The number of carbonyl (C=O) groups excluding carboxylic acids is 2. The summed E-state index contributed by atoms with van der Waals surface area (Å²) in [7, 11) is 0. The third-order valence-electron chi connectivity index (χ3n) is 4.33. The monoisotopic (exact) mass is 354 g/mol. The molecule has 2 amide bonds. The van der Waals surface area contributed by atoms with Gasteiger partial charge in [0.25, 0.3) is 11.8 Å². The van der Waals surface area contributed by atoms with Crippen LogP contribution in [0.2, 0.25) is 0 Å². The third kappa shape index (κ3) is 3.95. The molecule has 0 saturated carbocycles. The molecule has 0 atom stereocenters. The fourth-order valence-electron chi connectivity index (χ4n) is 3.12. The Hall–Kier alpha value is -2.63. The van der Waals surface area contributed by atoms with E-state index in [2.05, 4.69) is 15.6 Å². The van der Waals surface area contributed by atoms with Crippen LogP contribution >= 0.6 is 0 Å². The van der Waals surface area contributed by atoms with Gasteiger partial charge in [0.1, 0.15) is 5.69 Å². The molecule has 1 aliphatic heterocycles. The summed E-state index contributed by atoms with van der Waals surface area (Å²) in [5.74, 6) is -0.205. The zero-order chi connectivity index (χ0) is 18.9. The largest absolute Gasteiger partial charge is 0.346 e. The van der Waals surface area contributed by atoms with Crippen molar-refractivity contribution in [3.63, 3.8) is 0 Å². The summed E-state index contributed by atoms with van der Waals surface area (Å²) >= 11 is 0. The predicted molar refractivity (Wildman–Crippen MR) is 102 cm³/mol. The van der Waals surface area contributed by atoms with Crippen LogP contribution in [0.15, 0.2) is 24.3 Å². The van der Waals surface area contributed by atoms with Crippen LogP contribution in [0.3, 0.4) is 0 Å². The highest BCUT2D eigenvalue weighted by Gasteiger charge is 2.29. The van der Waals surface area contributed by atoms with Gasteiger partial charge in [-0.3, -0.25) is 9.59 Å². The van der Waals surface area contributed by atoms with Gasteiger partial charge in [0, 0.05) is 17.8 Å². The predicted octanol–water partition coefficient (Wildman–Crippen LogP) is 3.31. The molecule has 0 aliphatic carbocycles. The van der Waals surface area contributed by atoms with Crippen molar-refractivity contribution in [2.75, 3.05) is 5.32 Å². The summed E-state index contributed by atoms with van der Waals surface area (Å²) in [6.07, 6.45) is 2.74. The van der Waals surface area contributed by atoms with E-state index in [0.717, 1.165) is 36.2 Å². The van der Waals surface area contributed by atoms with Crippen molar-refractivity contribution < 1.29 is 9.59 Å². The van der Waals surface area contributed by atoms with Crippen molar-refractivity contribution in [1.29, 1.82) is 0 Å². The number of nitrogens with zero attached hydrogens (tertiary/aromatic N) is 2. The van der Waals surface area contributed by atoms with Crippen LogP contribution < -0.4 is 10.6 Å². The first-order valence-corrected chi connectivity index (χ1v) is 9.04. The topological polar surface area (TPSA) is 76.0 Å². The van der Waals surface area contributed by atoms with E-state index in [1.54, 1.807) is 0 Å². The van der Waals surface area contributed by atoms with Crippen molar-refractivity contribution in [2.24, 2.45) is 0 Å². The number of imidazole rings is 1. The van der Waals surface area contributed by atoms with Gasteiger partial charge in [0.05, 0.1) is 5.69 Å². The Kier molecular flexibility index (Phi) is 4.85. The summed E-state index contributed by atoms with van der Waals surface area (Å²) in [6, 6.07) is 7.61. The average Bonchev–Trinajstić information content (AvgIpc) is 2.95. The molecule has 0 bridgehead atoms. The molecule has 1 aromatic heterocycles. The van der Waals surface area contributed by atoms with Gasteiger partial charge in [0.15, 0.2) is 5.82 Å². The van der Waals surface area contributed by atoms with Crippen molar-refractivity contribution in [3.8, 4) is 0 Å². The highest BCUT2D eigenvalue weighted by molar-refractivity contribution is 6.03. The molecule has 0 unspecified atom stereocenters. The van der Waals surface area contributed by atoms with E-state index >= 15 is 0 Å². The Bertz CT molecular complexity index is 829. The molecule has 6 heteroatoms. The number of hydrogen-bond donors (Lipinski definition) is 2. The minimum absolute atomic E-state index is 0.225. The lowest BCUT2D eigenvalue weighted by Gasteiger charge is -2.21. The highest BCUT2D eigenvalue weighted by Crippen LogP contribution is 2.22. The number of nitrogens with one attached hydrogen (secondary N) is 2. The normalized spacial score (nSPS) is 13.8. The van der Waals surface area contributed by atoms with E-state index in [4.69, 9.17) is 0 Å². The number of aromatic nitrogens is 2. The van der Waals surface area contributed by atoms with Crippen molar-refractivity contribution in [2.45, 2.75) is 59.0 Å². The number of aryl methyl sites for hydroxylation is 1. The summed E-state index contributed by atoms with van der Waals surface area (Å²) in [4.78, 5) is 29.8. The fourth-order valence-corrected chi connectivity index (χ4v) is 3.12. The van der Waals surface area contributed by atoms with Crippen molar-refractivity contribution >= 4 is 17.5 Å². The molecule has 138 valence electrons. The SMILES string of the molecule is Cc1ccc(NC(=O)c2nc(C(=O)NC(C)(C)C)c3n2CCCC3)cc1. The molecule has 0 fully saturated rings. The van der Waals surface area contributed by atoms with Gasteiger partial charge in [0.2, 0.25) is 0 Å². The lowest BCUT2D eigenvalue weighted by molar-refractivity contribution is 0.0913. The fraction of sp³-hybridized carbons (Fsp3) is 0.450. The molecule has 26 heavy (non-hydrogen) atoms. The lowest BCUT2D eigenvalue weighted by Crippen LogP contribution is -2.41. The van der Waals surface area contributed by atoms with E-state index < -0.39 is 0 Å². The van der Waals surface area contributed by atoms with Gasteiger partial charge in [-0.25, -0.2) is 4.98 Å². The highest BCUT2D eigenvalue weighted by atomic mass is 16.2. The van der Waals surface area contributed by atoms with Crippen LogP contribution in [0, 0.1) is 6.92 Å². The molecule has 0 saturated heterocycles. The Morgan fingerprint density at radius 3 is 2.42 bits per heavy atom. The van der Waals surface area contributed by atoms with Gasteiger partial charge >= 0.3 is 0 Å². The first-order valence-electron chi connectivity index (χ1n) is 9.04. The minimum Gasteiger partial charge on any atom is -0.346 e. The van der Waals surface area contributed by atoms with Crippen LogP contribution in [-0.2, 0) is 13.0 Å². The standard InChI is InChI=1S/C20H26N4O2/c1-13-8-10-14(11-9-13)21-19(26)17-22-16(18(25)23-20(2,3)4)15-7-5-6-12-24(15)17/h8-11H,5-7,12H2,1-4H3,(H,21,26)(H,23,25). The first-order chi connectivity index (χ1) is 12.2. The first kappa shape index (κ1) is 18.2. The number of carbonyl (C=O) groups is 2. The van der Waals surface area contributed by atoms with Gasteiger partial charge in [-0.1, -0.05) is 17.7 Å². The van der Waals surface area contributed by atoms with Crippen molar-refractivity contribution in [3.05, 3.63) is 47.0 Å². The van der Waals surface area contributed by atoms with Gasteiger partial charge in [-0.2, -0.15) is 0 Å². The zero-order valence-corrected chi connectivity index (χ0v) is 15.8. The number of fused-ring (bicyclic) bond motifs is 1. The molecule has 1 aliphatic rings. The van der Waals surface area contributed by atoms with E-state index in [-0.39, 0.29) is 17.4 Å². The van der Waals surface area contributed by atoms with Gasteiger partial charge < -0.3 is 15.2 Å². The molecule has 2 heterocycles. The molecule has 0 radical (unpaired) electrons. The molecule has 6 nitrogen and oxygen atoms in total. The second-order valence-electron chi connectivity index (χ2n) is 7.86. The minimum atomic E-state index is -0.355. The molecule has 2 aromatic rings. The molecule has 2 N–H and O–H groups in total. The third-order valence-corrected chi connectivity index (χ3v) is 4.33. The number of amides is 2. The second-order valence-corrected chi connectivity index (χ2v) is 7.86. The summed E-state index contributed by atoms with van der Waals surface area (Å²) in [5, 5.41) is 5.83. The number of hydrogen-bond acceptors (Lipinski definition) is 3. The van der Waals surface area contributed by atoms with E-state index in [1.807, 2.05) is 56.5 Å². The van der Waals surface area contributed by atoms with E-state index in [0.29, 0.717) is 18.1 Å². The smallest absolute Gasteiger partial charge is 0.291 e. The number of benzene rings is 1. The van der Waals surface area contributed by atoms with Crippen LogP contribution in [-0.4, -0.2) is 26.9 Å². The summed E-state index contributed by atoms with van der Waals surface area (Å²) < 4.78 is 1.89. The average molecular weight is 354 g/mol. The van der Waals surface area contributed by atoms with Gasteiger partial charge in [-0.15, -0.1) is 0 Å². The van der Waals surface area contributed by atoms with Crippen LogP contribution in [0.1, 0.15) is 66.0 Å². The zero-order valence-electron chi connectivity index (χ0n) is 15.8. The Morgan fingerprint density at radius 2 is 1.77 bits per heavy atom. The summed E-state index contributed by atoms with van der Waals surface area (Å²) in [5.41, 5.74) is 2.71. The molecule has 0 spiro atoms. The Morgan fingerprint density at radius 1 is 1.08 bits per heavy atom. The molecule has 1 aromatic carbocycles. The van der Waals surface area contributed by atoms with E-state index in [9.17, 15) is 9.59 Å². The molecular weight excluding hydrogens is 328 g/mol. The molecular formula is C20H26N4O2. The molecule has 3 rings (SSSR count). The van der Waals surface area contributed by atoms with Crippen molar-refractivity contribution in [1.82, 2.24) is 14.9 Å². The number of anilines is 1. The van der Waals surface area contributed by atoms with Crippen LogP contribution in [0.25, 0.3) is 0 Å². The van der Waals surface area contributed by atoms with Crippen LogP contribution in [0.4, 0.5) is 5.69 Å².